The van der Waals surface area contributed by atoms with Gasteiger partial charge in [-0.05, 0) is 66.4 Å². The maximum atomic E-state index is 11.0. The summed E-state index contributed by atoms with van der Waals surface area (Å²) in [4.78, 5) is 23.9. The number of carbonyl (C=O) groups excluding carboxylic acids is 2. The molecule has 2 amide bonds. The second-order valence-electron chi connectivity index (χ2n) is 10.1. The standard InChI is InChI=1S/C34H37N3O5/c1-25(41)34(42-32-10-6-3-7-11-32)37(21-26-8-4-2-5-9-26)31(22-38)20-33(27-12-16-29(17-13-27)35-23-39)28-14-18-30(19-15-28)36-24-40/h2-19,23-25,31,33-34,38,41H,20-22H2,1H3,(H,35,39)(H,36,40)/t25?,31-,34?/m0/s1. The minimum absolute atomic E-state index is 0.164. The molecule has 0 heterocycles. The normalized spacial score (nSPS) is 13.3. The van der Waals surface area contributed by atoms with Crippen molar-refractivity contribution < 1.29 is 24.5 Å². The molecule has 4 rings (SSSR count). The number of ether oxygens (including phenoxy) is 1. The first-order chi connectivity index (χ1) is 20.5. The molecule has 0 radical (unpaired) electrons. The summed E-state index contributed by atoms with van der Waals surface area (Å²) in [6.45, 7) is 1.95. The average Bonchev–Trinajstić information content (AvgIpc) is 3.02. The molecule has 42 heavy (non-hydrogen) atoms. The van der Waals surface area contributed by atoms with Gasteiger partial charge in [-0.25, -0.2) is 0 Å². The maximum Gasteiger partial charge on any atom is 0.211 e. The van der Waals surface area contributed by atoms with Crippen LogP contribution in [-0.2, 0) is 16.1 Å². The van der Waals surface area contributed by atoms with Crippen LogP contribution in [-0.4, -0.2) is 52.9 Å². The summed E-state index contributed by atoms with van der Waals surface area (Å²) in [6.07, 6.45) is 0.146. The number of hydrogen-bond donors (Lipinski definition) is 4. The van der Waals surface area contributed by atoms with Crippen LogP contribution in [0.15, 0.2) is 109 Å². The van der Waals surface area contributed by atoms with Crippen LogP contribution in [0.1, 0.15) is 36.0 Å². The fourth-order valence-electron chi connectivity index (χ4n) is 5.11. The summed E-state index contributed by atoms with van der Waals surface area (Å²) in [5.41, 5.74) is 4.33. The van der Waals surface area contributed by atoms with E-state index in [2.05, 4.69) is 10.6 Å². The number of aliphatic hydroxyl groups excluding tert-OH is 2. The second-order valence-corrected chi connectivity index (χ2v) is 10.1. The van der Waals surface area contributed by atoms with Crippen molar-refractivity contribution in [3.63, 3.8) is 0 Å². The fraction of sp³-hybridized carbons (Fsp3) is 0.235. The summed E-state index contributed by atoms with van der Waals surface area (Å²) in [5, 5.41) is 27.2. The molecule has 2 unspecified atom stereocenters. The number of amides is 2. The van der Waals surface area contributed by atoms with Crippen LogP contribution in [0.3, 0.4) is 0 Å². The van der Waals surface area contributed by atoms with Crippen LogP contribution < -0.4 is 15.4 Å². The Morgan fingerprint density at radius 2 is 1.26 bits per heavy atom. The van der Waals surface area contributed by atoms with Gasteiger partial charge in [0.15, 0.2) is 6.23 Å². The van der Waals surface area contributed by atoms with Crippen molar-refractivity contribution in [1.29, 1.82) is 0 Å². The molecule has 0 saturated heterocycles. The lowest BCUT2D eigenvalue weighted by Gasteiger charge is -2.40. The van der Waals surface area contributed by atoms with Crippen LogP contribution in [0.25, 0.3) is 0 Å². The van der Waals surface area contributed by atoms with E-state index < -0.39 is 18.4 Å². The molecule has 0 fully saturated rings. The Balaban J connectivity index is 1.73. The predicted octanol–water partition coefficient (Wildman–Crippen LogP) is 4.99. The molecular formula is C34H37N3O5. The number of benzene rings is 4. The van der Waals surface area contributed by atoms with Crippen molar-refractivity contribution in [3.8, 4) is 5.75 Å². The van der Waals surface area contributed by atoms with E-state index in [4.69, 9.17) is 4.74 Å². The number of hydrogen-bond acceptors (Lipinski definition) is 6. The molecule has 0 aliphatic heterocycles. The molecule has 8 heteroatoms. The molecule has 4 N–H and O–H groups in total. The minimum Gasteiger partial charge on any atom is -0.472 e. The SMILES string of the molecule is CC(O)C(Oc1ccccc1)N(Cc1ccccc1)[C@H](CO)CC(c1ccc(NC=O)cc1)c1ccc(NC=O)cc1. The first-order valence-corrected chi connectivity index (χ1v) is 13.9. The number of aliphatic hydroxyl groups is 2. The van der Waals surface area contributed by atoms with Crippen molar-refractivity contribution in [3.05, 3.63) is 126 Å². The molecule has 218 valence electrons. The molecule has 4 aromatic carbocycles. The lowest BCUT2D eigenvalue weighted by Crippen LogP contribution is -2.52. The van der Waals surface area contributed by atoms with Crippen LogP contribution in [0.2, 0.25) is 0 Å². The van der Waals surface area contributed by atoms with Gasteiger partial charge in [-0.15, -0.1) is 0 Å². The Kier molecular flexibility index (Phi) is 11.2. The largest absolute Gasteiger partial charge is 0.472 e. The van der Waals surface area contributed by atoms with Crippen molar-refractivity contribution >= 4 is 24.2 Å². The Morgan fingerprint density at radius 3 is 1.71 bits per heavy atom. The van der Waals surface area contributed by atoms with Gasteiger partial charge in [-0.3, -0.25) is 14.5 Å². The number of carbonyl (C=O) groups is 2. The van der Waals surface area contributed by atoms with E-state index in [-0.39, 0.29) is 12.5 Å². The van der Waals surface area contributed by atoms with Gasteiger partial charge in [-0.2, -0.15) is 0 Å². The van der Waals surface area contributed by atoms with Gasteiger partial charge in [0.25, 0.3) is 0 Å². The van der Waals surface area contributed by atoms with E-state index in [1.165, 1.54) is 0 Å². The highest BCUT2D eigenvalue weighted by Gasteiger charge is 2.33. The Labute approximate surface area is 246 Å². The quantitative estimate of drug-likeness (QED) is 0.112. The Hall–Kier alpha value is -4.50. The fourth-order valence-corrected chi connectivity index (χ4v) is 5.11. The van der Waals surface area contributed by atoms with Crippen molar-refractivity contribution in [2.24, 2.45) is 0 Å². The van der Waals surface area contributed by atoms with Crippen molar-refractivity contribution in [2.45, 2.75) is 44.2 Å². The number of nitrogens with one attached hydrogen (secondary N) is 2. The van der Waals surface area contributed by atoms with E-state index in [0.29, 0.717) is 42.9 Å². The lowest BCUT2D eigenvalue weighted by molar-refractivity contribution is -0.106. The van der Waals surface area contributed by atoms with Gasteiger partial charge in [0.1, 0.15) is 11.9 Å². The predicted molar refractivity (Wildman–Crippen MR) is 164 cm³/mol. The van der Waals surface area contributed by atoms with Gasteiger partial charge in [-0.1, -0.05) is 72.8 Å². The molecule has 4 aromatic rings. The van der Waals surface area contributed by atoms with E-state index in [1.807, 2.05) is 114 Å². The highest BCUT2D eigenvalue weighted by molar-refractivity contribution is 5.72. The molecule has 8 nitrogen and oxygen atoms in total. The monoisotopic (exact) mass is 567 g/mol. The third-order valence-electron chi connectivity index (χ3n) is 7.21. The molecule has 0 aliphatic carbocycles. The summed E-state index contributed by atoms with van der Waals surface area (Å²) < 4.78 is 6.35. The van der Waals surface area contributed by atoms with Crippen molar-refractivity contribution in [2.75, 3.05) is 17.2 Å². The van der Waals surface area contributed by atoms with Crippen LogP contribution in [0, 0.1) is 0 Å². The Morgan fingerprint density at radius 1 is 0.762 bits per heavy atom. The molecular weight excluding hydrogens is 530 g/mol. The van der Waals surface area contributed by atoms with Gasteiger partial charge in [0, 0.05) is 29.9 Å². The molecule has 0 spiro atoms. The van der Waals surface area contributed by atoms with E-state index >= 15 is 0 Å². The molecule has 0 saturated carbocycles. The van der Waals surface area contributed by atoms with Gasteiger partial charge < -0.3 is 25.6 Å². The molecule has 0 aromatic heterocycles. The maximum absolute atomic E-state index is 11.0. The number of anilines is 2. The lowest BCUT2D eigenvalue weighted by atomic mass is 9.85. The van der Waals surface area contributed by atoms with E-state index in [0.717, 1.165) is 16.7 Å². The molecule has 0 bridgehead atoms. The zero-order valence-corrected chi connectivity index (χ0v) is 23.5. The van der Waals surface area contributed by atoms with E-state index in [1.54, 1.807) is 6.92 Å². The number of nitrogens with zero attached hydrogens (tertiary/aromatic N) is 1. The van der Waals surface area contributed by atoms with Gasteiger partial charge in [0.2, 0.25) is 12.8 Å². The third-order valence-corrected chi connectivity index (χ3v) is 7.21. The number of rotatable bonds is 16. The van der Waals surface area contributed by atoms with Crippen molar-refractivity contribution in [1.82, 2.24) is 4.90 Å². The number of para-hydroxylation sites is 1. The molecule has 3 atom stereocenters. The van der Waals surface area contributed by atoms with Gasteiger partial charge >= 0.3 is 0 Å². The van der Waals surface area contributed by atoms with Crippen LogP contribution >= 0.6 is 0 Å². The Bertz CT molecular complexity index is 1310. The second kappa shape index (κ2) is 15.5. The van der Waals surface area contributed by atoms with E-state index in [9.17, 15) is 19.8 Å². The van der Waals surface area contributed by atoms with Gasteiger partial charge in [0.05, 0.1) is 6.61 Å². The zero-order valence-electron chi connectivity index (χ0n) is 23.5. The first-order valence-electron chi connectivity index (χ1n) is 13.9. The smallest absolute Gasteiger partial charge is 0.211 e. The zero-order chi connectivity index (χ0) is 29.7. The minimum atomic E-state index is -0.871. The average molecular weight is 568 g/mol. The highest BCUT2D eigenvalue weighted by atomic mass is 16.5. The van der Waals surface area contributed by atoms with Crippen LogP contribution in [0.5, 0.6) is 5.75 Å². The summed E-state index contributed by atoms with van der Waals surface area (Å²) >= 11 is 0. The first kappa shape index (κ1) is 30.5. The summed E-state index contributed by atoms with van der Waals surface area (Å²) in [5.74, 6) is 0.452. The highest BCUT2D eigenvalue weighted by Crippen LogP contribution is 2.34. The third kappa shape index (κ3) is 8.27. The summed E-state index contributed by atoms with van der Waals surface area (Å²) in [6, 6.07) is 34.0. The van der Waals surface area contributed by atoms with Crippen LogP contribution in [0.4, 0.5) is 11.4 Å². The summed E-state index contributed by atoms with van der Waals surface area (Å²) in [7, 11) is 0. The topological polar surface area (TPSA) is 111 Å². The molecule has 0 aliphatic rings.